The lowest BCUT2D eigenvalue weighted by molar-refractivity contribution is 0.347. The average Bonchev–Trinajstić information content (AvgIpc) is 2.26. The third-order valence-corrected chi connectivity index (χ3v) is 2.94. The van der Waals surface area contributed by atoms with Gasteiger partial charge in [-0.15, -0.1) is 0 Å². The zero-order valence-electron chi connectivity index (χ0n) is 9.87. The SMILES string of the molecule is COc1cc(OC)c(C2CNC2)c(OC)c1. The van der Waals surface area contributed by atoms with E-state index < -0.39 is 0 Å². The molecule has 0 atom stereocenters. The molecule has 0 spiro atoms. The van der Waals surface area contributed by atoms with Crippen LogP contribution in [-0.4, -0.2) is 34.4 Å². The number of benzene rings is 1. The second-order valence-electron chi connectivity index (χ2n) is 3.80. The van der Waals surface area contributed by atoms with Gasteiger partial charge in [-0.1, -0.05) is 0 Å². The summed E-state index contributed by atoms with van der Waals surface area (Å²) in [6, 6.07) is 3.80. The standard InChI is InChI=1S/C12H17NO3/c1-14-9-4-10(15-2)12(8-6-13-7-8)11(5-9)16-3/h4-5,8,13H,6-7H2,1-3H3. The summed E-state index contributed by atoms with van der Waals surface area (Å²) in [4.78, 5) is 0. The monoisotopic (exact) mass is 223 g/mol. The fourth-order valence-electron chi connectivity index (χ4n) is 1.93. The minimum atomic E-state index is 0.468. The highest BCUT2D eigenvalue weighted by molar-refractivity contribution is 5.53. The second-order valence-corrected chi connectivity index (χ2v) is 3.80. The average molecular weight is 223 g/mol. The van der Waals surface area contributed by atoms with Crippen LogP contribution in [0.3, 0.4) is 0 Å². The Kier molecular flexibility index (Phi) is 3.19. The van der Waals surface area contributed by atoms with Crippen molar-refractivity contribution < 1.29 is 14.2 Å². The largest absolute Gasteiger partial charge is 0.496 e. The molecule has 0 bridgehead atoms. The van der Waals surface area contributed by atoms with Crippen LogP contribution < -0.4 is 19.5 Å². The Morgan fingerprint density at radius 2 is 1.56 bits per heavy atom. The fourth-order valence-corrected chi connectivity index (χ4v) is 1.93. The number of nitrogens with one attached hydrogen (secondary N) is 1. The van der Waals surface area contributed by atoms with Gasteiger partial charge >= 0.3 is 0 Å². The summed E-state index contributed by atoms with van der Waals surface area (Å²) in [6.45, 7) is 1.94. The van der Waals surface area contributed by atoms with Crippen molar-refractivity contribution in [2.75, 3.05) is 34.4 Å². The molecule has 0 unspecified atom stereocenters. The van der Waals surface area contributed by atoms with Crippen LogP contribution in [0.4, 0.5) is 0 Å². The molecule has 0 aliphatic carbocycles. The van der Waals surface area contributed by atoms with Crippen LogP contribution in [0.25, 0.3) is 0 Å². The predicted molar refractivity (Wildman–Crippen MR) is 61.7 cm³/mol. The Balaban J connectivity index is 2.45. The van der Waals surface area contributed by atoms with Gasteiger partial charge in [0.2, 0.25) is 0 Å². The quantitative estimate of drug-likeness (QED) is 0.837. The van der Waals surface area contributed by atoms with Gasteiger partial charge in [0, 0.05) is 36.7 Å². The van der Waals surface area contributed by atoms with Gasteiger partial charge in [-0.3, -0.25) is 0 Å². The van der Waals surface area contributed by atoms with Gasteiger partial charge in [-0.25, -0.2) is 0 Å². The van der Waals surface area contributed by atoms with Crippen LogP contribution >= 0.6 is 0 Å². The topological polar surface area (TPSA) is 39.7 Å². The van der Waals surface area contributed by atoms with Crippen LogP contribution in [0, 0.1) is 0 Å². The first-order chi connectivity index (χ1) is 7.80. The van der Waals surface area contributed by atoms with Crippen molar-refractivity contribution in [3.63, 3.8) is 0 Å². The second kappa shape index (κ2) is 4.61. The van der Waals surface area contributed by atoms with Crippen LogP contribution in [0.1, 0.15) is 11.5 Å². The summed E-state index contributed by atoms with van der Waals surface area (Å²) in [5.41, 5.74) is 1.13. The molecule has 88 valence electrons. The molecule has 4 heteroatoms. The molecule has 1 fully saturated rings. The zero-order chi connectivity index (χ0) is 11.5. The van der Waals surface area contributed by atoms with E-state index in [-0.39, 0.29) is 0 Å². The van der Waals surface area contributed by atoms with Gasteiger partial charge in [-0.2, -0.15) is 0 Å². The van der Waals surface area contributed by atoms with E-state index in [9.17, 15) is 0 Å². The Hall–Kier alpha value is -1.42. The zero-order valence-corrected chi connectivity index (χ0v) is 9.87. The third-order valence-electron chi connectivity index (χ3n) is 2.94. The van der Waals surface area contributed by atoms with Gasteiger partial charge < -0.3 is 19.5 Å². The third kappa shape index (κ3) is 1.80. The molecule has 16 heavy (non-hydrogen) atoms. The Morgan fingerprint density at radius 3 is 1.88 bits per heavy atom. The maximum Gasteiger partial charge on any atom is 0.129 e. The van der Waals surface area contributed by atoms with Crippen molar-refractivity contribution in [3.8, 4) is 17.2 Å². The molecule has 1 aromatic rings. The summed E-state index contributed by atoms with van der Waals surface area (Å²) in [7, 11) is 4.98. The molecule has 1 saturated heterocycles. The molecule has 1 aromatic carbocycles. The minimum absolute atomic E-state index is 0.468. The van der Waals surface area contributed by atoms with E-state index in [2.05, 4.69) is 5.32 Å². The summed E-state index contributed by atoms with van der Waals surface area (Å²) in [5.74, 6) is 2.89. The summed E-state index contributed by atoms with van der Waals surface area (Å²) in [5, 5.41) is 3.25. The van der Waals surface area contributed by atoms with Crippen molar-refractivity contribution in [3.05, 3.63) is 17.7 Å². The number of hydrogen-bond acceptors (Lipinski definition) is 4. The molecule has 1 heterocycles. The molecule has 1 N–H and O–H groups in total. The van der Waals surface area contributed by atoms with Crippen LogP contribution in [0.5, 0.6) is 17.2 Å². The van der Waals surface area contributed by atoms with E-state index in [1.165, 1.54) is 0 Å². The van der Waals surface area contributed by atoms with Crippen molar-refractivity contribution in [2.24, 2.45) is 0 Å². The summed E-state index contributed by atoms with van der Waals surface area (Å²) >= 11 is 0. The van der Waals surface area contributed by atoms with E-state index in [0.717, 1.165) is 35.9 Å². The number of ether oxygens (including phenoxy) is 3. The predicted octanol–water partition coefficient (Wildman–Crippen LogP) is 1.40. The highest BCUT2D eigenvalue weighted by Gasteiger charge is 2.26. The fraction of sp³-hybridized carbons (Fsp3) is 0.500. The molecular weight excluding hydrogens is 206 g/mol. The lowest BCUT2D eigenvalue weighted by Gasteiger charge is -2.30. The molecular formula is C12H17NO3. The van der Waals surface area contributed by atoms with E-state index in [1.807, 2.05) is 12.1 Å². The summed E-state index contributed by atoms with van der Waals surface area (Å²) in [6.07, 6.45) is 0. The number of rotatable bonds is 4. The highest BCUT2D eigenvalue weighted by Crippen LogP contribution is 2.40. The smallest absolute Gasteiger partial charge is 0.129 e. The van der Waals surface area contributed by atoms with Crippen molar-refractivity contribution in [2.45, 2.75) is 5.92 Å². The molecule has 1 aliphatic rings. The molecule has 0 amide bonds. The van der Waals surface area contributed by atoms with Crippen LogP contribution in [0.15, 0.2) is 12.1 Å². The van der Waals surface area contributed by atoms with Gasteiger partial charge in [0.1, 0.15) is 17.2 Å². The Bertz CT molecular complexity index is 350. The Morgan fingerprint density at radius 1 is 1.00 bits per heavy atom. The lowest BCUT2D eigenvalue weighted by Crippen LogP contribution is -2.40. The summed E-state index contributed by atoms with van der Waals surface area (Å²) < 4.78 is 16.0. The van der Waals surface area contributed by atoms with E-state index in [1.54, 1.807) is 21.3 Å². The molecule has 4 nitrogen and oxygen atoms in total. The van der Waals surface area contributed by atoms with Crippen molar-refractivity contribution in [1.29, 1.82) is 0 Å². The van der Waals surface area contributed by atoms with E-state index >= 15 is 0 Å². The van der Waals surface area contributed by atoms with E-state index in [4.69, 9.17) is 14.2 Å². The molecule has 1 aliphatic heterocycles. The molecule has 0 radical (unpaired) electrons. The van der Waals surface area contributed by atoms with Gasteiger partial charge in [0.25, 0.3) is 0 Å². The first-order valence-corrected chi connectivity index (χ1v) is 5.30. The maximum atomic E-state index is 5.40. The minimum Gasteiger partial charge on any atom is -0.496 e. The van der Waals surface area contributed by atoms with Crippen molar-refractivity contribution >= 4 is 0 Å². The Labute approximate surface area is 95.5 Å². The van der Waals surface area contributed by atoms with Gasteiger partial charge in [-0.05, 0) is 0 Å². The van der Waals surface area contributed by atoms with Crippen LogP contribution in [-0.2, 0) is 0 Å². The van der Waals surface area contributed by atoms with E-state index in [0.29, 0.717) is 5.92 Å². The molecule has 0 aromatic heterocycles. The molecule has 0 saturated carbocycles. The number of hydrogen-bond donors (Lipinski definition) is 1. The molecule has 2 rings (SSSR count). The maximum absolute atomic E-state index is 5.40. The van der Waals surface area contributed by atoms with Crippen LogP contribution in [0.2, 0.25) is 0 Å². The van der Waals surface area contributed by atoms with Gasteiger partial charge in [0.05, 0.1) is 21.3 Å². The first kappa shape index (κ1) is 11.1. The highest BCUT2D eigenvalue weighted by atomic mass is 16.5. The lowest BCUT2D eigenvalue weighted by atomic mass is 9.92. The van der Waals surface area contributed by atoms with Crippen molar-refractivity contribution in [1.82, 2.24) is 5.32 Å². The normalized spacial score (nSPS) is 15.4. The first-order valence-electron chi connectivity index (χ1n) is 5.30. The van der Waals surface area contributed by atoms with Gasteiger partial charge in [0.15, 0.2) is 0 Å². The number of methoxy groups -OCH3 is 3.